The second-order valence-corrected chi connectivity index (χ2v) is 6.89. The normalized spacial score (nSPS) is 18.4. The van der Waals surface area contributed by atoms with Gasteiger partial charge in [0, 0.05) is 0 Å². The van der Waals surface area contributed by atoms with E-state index in [9.17, 15) is 0 Å². The summed E-state index contributed by atoms with van der Waals surface area (Å²) in [6.45, 7) is 6.86. The van der Waals surface area contributed by atoms with Crippen molar-refractivity contribution in [2.75, 3.05) is 0 Å². The standard InChI is InChI=1S/C22H26/c1-16(2)22-15-20(18-11-9-17(3)10-12-18)13-14-21(22)19-7-5-4-6-8-19/h4-9,13-16,18H,10-12H2,1-3H3. The molecule has 2 aromatic rings. The Bertz CT molecular complexity index is 662. The summed E-state index contributed by atoms with van der Waals surface area (Å²) in [5.74, 6) is 1.25. The van der Waals surface area contributed by atoms with Gasteiger partial charge in [-0.25, -0.2) is 0 Å². The first-order chi connectivity index (χ1) is 10.6. The monoisotopic (exact) mass is 290 g/mol. The molecular formula is C22H26. The van der Waals surface area contributed by atoms with Gasteiger partial charge >= 0.3 is 0 Å². The number of hydrogen-bond acceptors (Lipinski definition) is 0. The molecule has 0 radical (unpaired) electrons. The van der Waals surface area contributed by atoms with Crippen molar-refractivity contribution < 1.29 is 0 Å². The van der Waals surface area contributed by atoms with Gasteiger partial charge in [0.15, 0.2) is 0 Å². The average Bonchev–Trinajstić information content (AvgIpc) is 2.56. The summed E-state index contributed by atoms with van der Waals surface area (Å²) in [6.07, 6.45) is 6.18. The Labute approximate surface area is 134 Å². The molecule has 0 bridgehead atoms. The third kappa shape index (κ3) is 3.16. The zero-order chi connectivity index (χ0) is 15.5. The van der Waals surface area contributed by atoms with Crippen molar-refractivity contribution in [3.05, 3.63) is 71.3 Å². The third-order valence-corrected chi connectivity index (χ3v) is 4.89. The summed E-state index contributed by atoms with van der Waals surface area (Å²) >= 11 is 0. The van der Waals surface area contributed by atoms with E-state index >= 15 is 0 Å². The molecular weight excluding hydrogens is 264 g/mol. The van der Waals surface area contributed by atoms with Gasteiger partial charge in [-0.3, -0.25) is 0 Å². The maximum Gasteiger partial charge on any atom is -0.0124 e. The van der Waals surface area contributed by atoms with Crippen LogP contribution in [-0.4, -0.2) is 0 Å². The molecule has 0 aliphatic heterocycles. The zero-order valence-corrected chi connectivity index (χ0v) is 14.0. The first-order valence-electron chi connectivity index (χ1n) is 8.50. The minimum absolute atomic E-state index is 0.552. The van der Waals surface area contributed by atoms with Gasteiger partial charge in [-0.1, -0.05) is 74.0 Å². The highest BCUT2D eigenvalue weighted by molar-refractivity contribution is 5.68. The molecule has 1 atom stereocenters. The van der Waals surface area contributed by atoms with E-state index in [1.807, 2.05) is 0 Å². The van der Waals surface area contributed by atoms with Crippen molar-refractivity contribution in [3.63, 3.8) is 0 Å². The van der Waals surface area contributed by atoms with E-state index in [0.717, 1.165) is 0 Å². The van der Waals surface area contributed by atoms with Crippen LogP contribution < -0.4 is 0 Å². The topological polar surface area (TPSA) is 0 Å². The SMILES string of the molecule is CC1=CCC(c2ccc(-c3ccccc3)c(C(C)C)c2)CC1. The van der Waals surface area contributed by atoms with Gasteiger partial charge in [-0.15, -0.1) is 0 Å². The van der Waals surface area contributed by atoms with E-state index in [2.05, 4.69) is 75.4 Å². The predicted octanol–water partition coefficient (Wildman–Crippen LogP) is 6.69. The molecule has 114 valence electrons. The molecule has 0 N–H and O–H groups in total. The fourth-order valence-corrected chi connectivity index (χ4v) is 3.46. The summed E-state index contributed by atoms with van der Waals surface area (Å²) in [5.41, 5.74) is 7.28. The van der Waals surface area contributed by atoms with Crippen LogP contribution in [0, 0.1) is 0 Å². The molecule has 0 aromatic heterocycles. The second kappa shape index (κ2) is 6.52. The van der Waals surface area contributed by atoms with Crippen molar-refractivity contribution in [1.29, 1.82) is 0 Å². The maximum atomic E-state index is 2.46. The molecule has 0 nitrogen and oxygen atoms in total. The van der Waals surface area contributed by atoms with Gasteiger partial charge in [0.2, 0.25) is 0 Å². The van der Waals surface area contributed by atoms with Gasteiger partial charge in [0.05, 0.1) is 0 Å². The summed E-state index contributed by atoms with van der Waals surface area (Å²) in [5, 5.41) is 0. The number of benzene rings is 2. The van der Waals surface area contributed by atoms with Gasteiger partial charge in [0.1, 0.15) is 0 Å². The average molecular weight is 290 g/mol. The molecule has 1 aliphatic rings. The lowest BCUT2D eigenvalue weighted by molar-refractivity contribution is 0.598. The molecule has 2 aromatic carbocycles. The lowest BCUT2D eigenvalue weighted by atomic mass is 9.82. The Balaban J connectivity index is 1.97. The lowest BCUT2D eigenvalue weighted by Crippen LogP contribution is -2.05. The van der Waals surface area contributed by atoms with Gasteiger partial charge in [-0.05, 0) is 60.3 Å². The Kier molecular flexibility index (Phi) is 4.47. The summed E-state index contributed by atoms with van der Waals surface area (Å²) in [6, 6.07) is 17.9. The van der Waals surface area contributed by atoms with Crippen molar-refractivity contribution in [2.24, 2.45) is 0 Å². The Morgan fingerprint density at radius 3 is 2.41 bits per heavy atom. The molecule has 22 heavy (non-hydrogen) atoms. The molecule has 0 fully saturated rings. The zero-order valence-electron chi connectivity index (χ0n) is 14.0. The van der Waals surface area contributed by atoms with Crippen LogP contribution in [0.3, 0.4) is 0 Å². The molecule has 0 saturated heterocycles. The first kappa shape index (κ1) is 15.1. The summed E-state index contributed by atoms with van der Waals surface area (Å²) in [4.78, 5) is 0. The smallest absolute Gasteiger partial charge is 0.0124 e. The molecule has 0 heteroatoms. The highest BCUT2D eigenvalue weighted by Gasteiger charge is 2.17. The molecule has 0 amide bonds. The maximum absolute atomic E-state index is 2.46. The molecule has 0 heterocycles. The van der Waals surface area contributed by atoms with Crippen LogP contribution in [0.5, 0.6) is 0 Å². The fourth-order valence-electron chi connectivity index (χ4n) is 3.46. The van der Waals surface area contributed by atoms with Crippen LogP contribution >= 0.6 is 0 Å². The first-order valence-corrected chi connectivity index (χ1v) is 8.50. The predicted molar refractivity (Wildman–Crippen MR) is 96.3 cm³/mol. The van der Waals surface area contributed by atoms with E-state index in [-0.39, 0.29) is 0 Å². The highest BCUT2D eigenvalue weighted by atomic mass is 14.2. The Morgan fingerprint density at radius 1 is 1.00 bits per heavy atom. The Hall–Kier alpha value is -1.82. The van der Waals surface area contributed by atoms with Crippen LogP contribution in [0.25, 0.3) is 11.1 Å². The van der Waals surface area contributed by atoms with Gasteiger partial charge in [-0.2, -0.15) is 0 Å². The van der Waals surface area contributed by atoms with Crippen molar-refractivity contribution >= 4 is 0 Å². The van der Waals surface area contributed by atoms with Crippen molar-refractivity contribution in [3.8, 4) is 11.1 Å². The van der Waals surface area contributed by atoms with E-state index in [4.69, 9.17) is 0 Å². The van der Waals surface area contributed by atoms with Gasteiger partial charge < -0.3 is 0 Å². The minimum atomic E-state index is 0.552. The number of rotatable bonds is 3. The molecule has 0 saturated carbocycles. The third-order valence-electron chi connectivity index (χ3n) is 4.89. The van der Waals surface area contributed by atoms with Crippen LogP contribution in [-0.2, 0) is 0 Å². The van der Waals surface area contributed by atoms with E-state index in [1.54, 1.807) is 5.57 Å². The largest absolute Gasteiger partial charge is 0.0850 e. The van der Waals surface area contributed by atoms with E-state index in [1.165, 1.54) is 41.5 Å². The van der Waals surface area contributed by atoms with Crippen molar-refractivity contribution in [1.82, 2.24) is 0 Å². The highest BCUT2D eigenvalue weighted by Crippen LogP contribution is 2.36. The molecule has 1 unspecified atom stereocenters. The summed E-state index contributed by atoms with van der Waals surface area (Å²) in [7, 11) is 0. The van der Waals surface area contributed by atoms with Crippen LogP contribution in [0.2, 0.25) is 0 Å². The van der Waals surface area contributed by atoms with Crippen LogP contribution in [0.1, 0.15) is 63.0 Å². The van der Waals surface area contributed by atoms with Crippen molar-refractivity contribution in [2.45, 2.75) is 51.9 Å². The van der Waals surface area contributed by atoms with E-state index < -0.39 is 0 Å². The van der Waals surface area contributed by atoms with Gasteiger partial charge in [0.25, 0.3) is 0 Å². The number of allylic oxidation sites excluding steroid dienone is 2. The molecule has 3 rings (SSSR count). The lowest BCUT2D eigenvalue weighted by Gasteiger charge is -2.23. The molecule has 1 aliphatic carbocycles. The number of hydrogen-bond donors (Lipinski definition) is 0. The van der Waals surface area contributed by atoms with Crippen LogP contribution in [0.4, 0.5) is 0 Å². The van der Waals surface area contributed by atoms with E-state index in [0.29, 0.717) is 11.8 Å². The Morgan fingerprint density at radius 2 is 1.77 bits per heavy atom. The quantitative estimate of drug-likeness (QED) is 0.552. The fraction of sp³-hybridized carbons (Fsp3) is 0.364. The summed E-state index contributed by atoms with van der Waals surface area (Å²) < 4.78 is 0. The molecule has 0 spiro atoms. The van der Waals surface area contributed by atoms with Crippen LogP contribution in [0.15, 0.2) is 60.2 Å². The second-order valence-electron chi connectivity index (χ2n) is 6.89. The minimum Gasteiger partial charge on any atom is -0.0850 e.